The fraction of sp³-hybridized carbons (Fsp3) is 0.333. The number of nitrogens with one attached hydrogen (secondary N) is 1. The Balaban J connectivity index is 1.42. The number of carbonyl (C=O) groups excluding carboxylic acids is 1. The molecule has 7 nitrogen and oxygen atoms in total. The third-order valence-electron chi connectivity index (χ3n) is 6.00. The monoisotopic (exact) mass is 450 g/mol. The van der Waals surface area contributed by atoms with Crippen molar-refractivity contribution in [2.75, 3.05) is 18.4 Å². The second-order valence-corrected chi connectivity index (χ2v) is 10.4. The molecule has 0 spiro atoms. The Kier molecular flexibility index (Phi) is 5.57. The molecule has 0 bridgehead atoms. The van der Waals surface area contributed by atoms with Crippen molar-refractivity contribution >= 4 is 21.6 Å². The highest BCUT2D eigenvalue weighted by Crippen LogP contribution is 2.39. The summed E-state index contributed by atoms with van der Waals surface area (Å²) in [5.74, 6) is 0.0882. The quantitative estimate of drug-likeness (QED) is 0.611. The number of anilines is 1. The summed E-state index contributed by atoms with van der Waals surface area (Å²) in [5.41, 5.74) is 2.61. The van der Waals surface area contributed by atoms with E-state index in [0.717, 1.165) is 43.5 Å². The number of sulfonamides is 1. The average molecular weight is 451 g/mol. The lowest BCUT2D eigenvalue weighted by atomic mass is 10.2. The van der Waals surface area contributed by atoms with E-state index < -0.39 is 10.0 Å². The summed E-state index contributed by atoms with van der Waals surface area (Å²) in [5, 5.41) is 7.55. The number of piperidine rings is 1. The maximum atomic E-state index is 13.2. The van der Waals surface area contributed by atoms with Gasteiger partial charge in [0.2, 0.25) is 10.0 Å². The molecule has 1 saturated heterocycles. The van der Waals surface area contributed by atoms with E-state index in [0.29, 0.717) is 30.4 Å². The number of hydrogen-bond donors (Lipinski definition) is 1. The highest BCUT2D eigenvalue weighted by atomic mass is 32.2. The summed E-state index contributed by atoms with van der Waals surface area (Å²) in [6, 6.07) is 17.9. The van der Waals surface area contributed by atoms with Crippen LogP contribution in [-0.4, -0.2) is 41.5 Å². The lowest BCUT2D eigenvalue weighted by Crippen LogP contribution is -2.35. The van der Waals surface area contributed by atoms with Crippen molar-refractivity contribution in [2.45, 2.75) is 42.9 Å². The van der Waals surface area contributed by atoms with Crippen molar-refractivity contribution in [1.82, 2.24) is 14.1 Å². The minimum atomic E-state index is -3.57. The normalized spacial score (nSPS) is 17.2. The molecular weight excluding hydrogens is 424 g/mol. The van der Waals surface area contributed by atoms with Gasteiger partial charge in [0, 0.05) is 24.7 Å². The molecule has 1 N–H and O–H groups in total. The third kappa shape index (κ3) is 4.20. The van der Waals surface area contributed by atoms with Gasteiger partial charge in [0.15, 0.2) is 0 Å². The maximum absolute atomic E-state index is 13.2. The molecule has 2 aliphatic rings. The number of nitrogens with zero attached hydrogens (tertiary/aromatic N) is 3. The molecule has 0 unspecified atom stereocenters. The lowest BCUT2D eigenvalue weighted by Gasteiger charge is -2.26. The van der Waals surface area contributed by atoms with E-state index in [1.54, 1.807) is 22.9 Å². The van der Waals surface area contributed by atoms with E-state index in [9.17, 15) is 13.2 Å². The van der Waals surface area contributed by atoms with E-state index in [1.807, 2.05) is 36.4 Å². The van der Waals surface area contributed by atoms with Gasteiger partial charge < -0.3 is 5.32 Å². The molecule has 1 aliphatic carbocycles. The first-order chi connectivity index (χ1) is 15.5. The largest absolute Gasteiger partial charge is 0.321 e. The number of hydrogen-bond acceptors (Lipinski definition) is 4. The Morgan fingerprint density at radius 2 is 1.69 bits per heavy atom. The van der Waals surface area contributed by atoms with Crippen LogP contribution in [0.5, 0.6) is 0 Å². The van der Waals surface area contributed by atoms with Crippen LogP contribution < -0.4 is 5.32 Å². The molecule has 1 saturated carbocycles. The van der Waals surface area contributed by atoms with Crippen molar-refractivity contribution in [1.29, 1.82) is 0 Å². The minimum Gasteiger partial charge on any atom is -0.321 e. The van der Waals surface area contributed by atoms with Crippen LogP contribution in [0.15, 0.2) is 65.6 Å². The summed E-state index contributed by atoms with van der Waals surface area (Å²) in [6.07, 6.45) is 4.98. The van der Waals surface area contributed by atoms with Gasteiger partial charge in [-0.05, 0) is 62.1 Å². The summed E-state index contributed by atoms with van der Waals surface area (Å²) < 4.78 is 29.2. The molecule has 166 valence electrons. The topological polar surface area (TPSA) is 84.3 Å². The van der Waals surface area contributed by atoms with Gasteiger partial charge in [-0.25, -0.2) is 13.1 Å². The van der Waals surface area contributed by atoms with Gasteiger partial charge in [-0.2, -0.15) is 9.40 Å². The van der Waals surface area contributed by atoms with Crippen molar-refractivity contribution in [2.24, 2.45) is 0 Å². The molecule has 32 heavy (non-hydrogen) atoms. The number of aromatic nitrogens is 2. The molecule has 1 aromatic heterocycles. The zero-order valence-corrected chi connectivity index (χ0v) is 18.6. The fourth-order valence-corrected chi connectivity index (χ4v) is 5.65. The molecule has 5 rings (SSSR count). The van der Waals surface area contributed by atoms with Crippen molar-refractivity contribution < 1.29 is 13.2 Å². The van der Waals surface area contributed by atoms with Gasteiger partial charge in [-0.15, -0.1) is 0 Å². The Morgan fingerprint density at radius 1 is 0.938 bits per heavy atom. The first kappa shape index (κ1) is 20.9. The Hall–Kier alpha value is -2.97. The van der Waals surface area contributed by atoms with E-state index in [-0.39, 0.29) is 10.8 Å². The van der Waals surface area contributed by atoms with Gasteiger partial charge in [-0.1, -0.05) is 30.7 Å². The summed E-state index contributed by atoms with van der Waals surface area (Å²) >= 11 is 0. The smallest absolute Gasteiger partial charge is 0.274 e. The number of carbonyl (C=O) groups is 1. The summed E-state index contributed by atoms with van der Waals surface area (Å²) in [7, 11) is -3.57. The number of para-hydroxylation sites is 1. The lowest BCUT2D eigenvalue weighted by molar-refractivity contribution is 0.101. The number of benzene rings is 2. The van der Waals surface area contributed by atoms with Crippen LogP contribution in [0, 0.1) is 0 Å². The second kappa shape index (κ2) is 8.52. The molecule has 2 aromatic carbocycles. The van der Waals surface area contributed by atoms with Crippen LogP contribution >= 0.6 is 0 Å². The molecule has 2 heterocycles. The van der Waals surface area contributed by atoms with Gasteiger partial charge in [0.05, 0.1) is 16.3 Å². The van der Waals surface area contributed by atoms with Gasteiger partial charge in [-0.3, -0.25) is 4.79 Å². The average Bonchev–Trinajstić information content (AvgIpc) is 3.58. The van der Waals surface area contributed by atoms with Crippen LogP contribution in [-0.2, 0) is 10.0 Å². The molecule has 0 atom stereocenters. The highest BCUT2D eigenvalue weighted by Gasteiger charge is 2.29. The van der Waals surface area contributed by atoms with Crippen molar-refractivity contribution in [3.8, 4) is 5.69 Å². The first-order valence-corrected chi connectivity index (χ1v) is 12.5. The van der Waals surface area contributed by atoms with Crippen LogP contribution in [0.1, 0.15) is 54.2 Å². The first-order valence-electron chi connectivity index (χ1n) is 11.1. The molecule has 0 radical (unpaired) electrons. The summed E-state index contributed by atoms with van der Waals surface area (Å²) in [4.78, 5) is 13.4. The van der Waals surface area contributed by atoms with Crippen LogP contribution in [0.4, 0.5) is 5.69 Å². The zero-order chi connectivity index (χ0) is 22.1. The van der Waals surface area contributed by atoms with E-state index in [1.165, 1.54) is 10.4 Å². The molecular formula is C24H26N4O3S. The van der Waals surface area contributed by atoms with Crippen LogP contribution in [0.2, 0.25) is 0 Å². The SMILES string of the molecule is O=C(Nc1cccc(S(=O)(=O)N2CCCCC2)c1)c1cc(C2CC2)nn1-c1ccccc1. The molecule has 3 aromatic rings. The van der Waals surface area contributed by atoms with E-state index in [4.69, 9.17) is 0 Å². The van der Waals surface area contributed by atoms with Gasteiger partial charge in [0.25, 0.3) is 5.91 Å². The van der Waals surface area contributed by atoms with Crippen LogP contribution in [0.3, 0.4) is 0 Å². The van der Waals surface area contributed by atoms with Crippen molar-refractivity contribution in [3.63, 3.8) is 0 Å². The maximum Gasteiger partial charge on any atom is 0.274 e. The predicted octanol–water partition coefficient (Wildman–Crippen LogP) is 4.18. The number of rotatable bonds is 6. The number of amides is 1. The Morgan fingerprint density at radius 3 is 2.41 bits per heavy atom. The Labute approximate surface area is 188 Å². The van der Waals surface area contributed by atoms with Crippen molar-refractivity contribution in [3.05, 3.63) is 72.1 Å². The molecule has 2 fully saturated rings. The molecule has 1 aliphatic heterocycles. The van der Waals surface area contributed by atoms with Crippen LogP contribution in [0.25, 0.3) is 5.69 Å². The van der Waals surface area contributed by atoms with E-state index >= 15 is 0 Å². The van der Waals surface area contributed by atoms with Gasteiger partial charge >= 0.3 is 0 Å². The minimum absolute atomic E-state index is 0.201. The van der Waals surface area contributed by atoms with E-state index in [2.05, 4.69) is 10.4 Å². The Bertz CT molecular complexity index is 1230. The second-order valence-electron chi connectivity index (χ2n) is 8.42. The molecule has 8 heteroatoms. The zero-order valence-electron chi connectivity index (χ0n) is 17.8. The van der Waals surface area contributed by atoms with Gasteiger partial charge in [0.1, 0.15) is 5.69 Å². The predicted molar refractivity (Wildman–Crippen MR) is 123 cm³/mol. The summed E-state index contributed by atoms with van der Waals surface area (Å²) in [6.45, 7) is 1.08. The third-order valence-corrected chi connectivity index (χ3v) is 7.90. The highest BCUT2D eigenvalue weighted by molar-refractivity contribution is 7.89. The molecule has 1 amide bonds. The standard InChI is InChI=1S/C24H26N4O3S/c29-24(23-17-22(18-12-13-18)26-28(23)20-9-3-1-4-10-20)25-19-8-7-11-21(16-19)32(30,31)27-14-5-2-6-15-27/h1,3-4,7-11,16-18H,2,5-6,12-15H2,(H,25,29). The fourth-order valence-electron chi connectivity index (χ4n) is 4.09.